The molecule has 0 bridgehead atoms. The van der Waals surface area contributed by atoms with Crippen molar-refractivity contribution in [1.82, 2.24) is 0 Å². The third-order valence-electron chi connectivity index (χ3n) is 3.65. The molecule has 20 heavy (non-hydrogen) atoms. The van der Waals surface area contributed by atoms with Crippen LogP contribution >= 0.6 is 15.9 Å². The summed E-state index contributed by atoms with van der Waals surface area (Å²) in [5.41, 5.74) is 4.16. The average molecular weight is 331 g/mol. The lowest BCUT2D eigenvalue weighted by atomic mass is 10.0. The summed E-state index contributed by atoms with van der Waals surface area (Å²) in [7, 11) is 0. The van der Waals surface area contributed by atoms with E-state index in [1.54, 1.807) is 0 Å². The van der Waals surface area contributed by atoms with E-state index in [-0.39, 0.29) is 0 Å². The van der Waals surface area contributed by atoms with Gasteiger partial charge in [-0.15, -0.1) is 0 Å². The highest BCUT2D eigenvalue weighted by atomic mass is 79.9. The first-order chi connectivity index (χ1) is 9.79. The van der Waals surface area contributed by atoms with Gasteiger partial charge < -0.3 is 0 Å². The lowest BCUT2D eigenvalue weighted by molar-refractivity contribution is 0.664. The Morgan fingerprint density at radius 1 is 0.850 bits per heavy atom. The third-order valence-corrected chi connectivity index (χ3v) is 4.64. The predicted octanol–water partition coefficient (Wildman–Crippen LogP) is 6.29. The van der Waals surface area contributed by atoms with Crippen molar-refractivity contribution in [2.45, 2.75) is 43.9 Å². The molecule has 0 aromatic heterocycles. The number of alkyl halides is 1. The standard InChI is InChI=1S/C19H23Br/c1-2-3-5-10-19(20)18-13-11-17(12-14-18)15-16-8-6-4-7-9-16/h4,6-9,11-14,19H,2-3,5,10,15H2,1H3. The summed E-state index contributed by atoms with van der Waals surface area (Å²) in [5.74, 6) is 0. The van der Waals surface area contributed by atoms with Gasteiger partial charge in [0.2, 0.25) is 0 Å². The van der Waals surface area contributed by atoms with E-state index in [9.17, 15) is 0 Å². The summed E-state index contributed by atoms with van der Waals surface area (Å²) < 4.78 is 0. The molecule has 2 aromatic rings. The summed E-state index contributed by atoms with van der Waals surface area (Å²) in [6.07, 6.45) is 6.16. The monoisotopic (exact) mass is 330 g/mol. The van der Waals surface area contributed by atoms with Crippen molar-refractivity contribution < 1.29 is 0 Å². The highest BCUT2D eigenvalue weighted by molar-refractivity contribution is 9.09. The minimum atomic E-state index is 0.500. The van der Waals surface area contributed by atoms with Crippen LogP contribution in [0.4, 0.5) is 0 Å². The zero-order chi connectivity index (χ0) is 14.2. The summed E-state index contributed by atoms with van der Waals surface area (Å²) >= 11 is 3.81. The predicted molar refractivity (Wildman–Crippen MR) is 91.5 cm³/mol. The summed E-state index contributed by atoms with van der Waals surface area (Å²) in [6.45, 7) is 2.25. The van der Waals surface area contributed by atoms with Crippen molar-refractivity contribution in [2.75, 3.05) is 0 Å². The molecule has 0 radical (unpaired) electrons. The zero-order valence-corrected chi connectivity index (χ0v) is 13.8. The molecule has 0 fully saturated rings. The first-order valence-corrected chi connectivity index (χ1v) is 8.48. The van der Waals surface area contributed by atoms with E-state index >= 15 is 0 Å². The molecule has 0 saturated carbocycles. The van der Waals surface area contributed by atoms with Crippen LogP contribution in [0.25, 0.3) is 0 Å². The van der Waals surface area contributed by atoms with Gasteiger partial charge in [-0.1, -0.05) is 96.7 Å². The lowest BCUT2D eigenvalue weighted by Crippen LogP contribution is -1.92. The second kappa shape index (κ2) is 8.26. The molecule has 0 spiro atoms. The fourth-order valence-corrected chi connectivity index (χ4v) is 3.05. The van der Waals surface area contributed by atoms with Gasteiger partial charge >= 0.3 is 0 Å². The number of unbranched alkanes of at least 4 members (excludes halogenated alkanes) is 2. The van der Waals surface area contributed by atoms with E-state index in [1.165, 1.54) is 42.4 Å². The fourth-order valence-electron chi connectivity index (χ4n) is 2.42. The summed E-state index contributed by atoms with van der Waals surface area (Å²) in [5, 5.41) is 0. The molecule has 0 heterocycles. The van der Waals surface area contributed by atoms with Crippen LogP contribution in [0, 0.1) is 0 Å². The Labute approximate surface area is 131 Å². The van der Waals surface area contributed by atoms with E-state index in [0.717, 1.165) is 6.42 Å². The van der Waals surface area contributed by atoms with Gasteiger partial charge in [0.25, 0.3) is 0 Å². The molecule has 0 aliphatic heterocycles. The van der Waals surface area contributed by atoms with Crippen molar-refractivity contribution in [3.8, 4) is 0 Å². The number of rotatable bonds is 7. The average Bonchev–Trinajstić information content (AvgIpc) is 2.49. The highest BCUT2D eigenvalue weighted by Gasteiger charge is 2.06. The Hall–Kier alpha value is -1.08. The van der Waals surface area contributed by atoms with E-state index in [1.807, 2.05) is 0 Å². The summed E-state index contributed by atoms with van der Waals surface area (Å²) in [4.78, 5) is 0.500. The lowest BCUT2D eigenvalue weighted by Gasteiger charge is -2.11. The molecule has 0 saturated heterocycles. The molecule has 0 amide bonds. The van der Waals surface area contributed by atoms with Gasteiger partial charge in [-0.3, -0.25) is 0 Å². The van der Waals surface area contributed by atoms with Crippen molar-refractivity contribution >= 4 is 15.9 Å². The molecule has 0 nitrogen and oxygen atoms in total. The number of hydrogen-bond acceptors (Lipinski definition) is 0. The van der Waals surface area contributed by atoms with Gasteiger partial charge in [-0.25, -0.2) is 0 Å². The van der Waals surface area contributed by atoms with E-state index in [2.05, 4.69) is 77.5 Å². The number of hydrogen-bond donors (Lipinski definition) is 0. The van der Waals surface area contributed by atoms with Gasteiger partial charge in [-0.2, -0.15) is 0 Å². The zero-order valence-electron chi connectivity index (χ0n) is 12.2. The maximum absolute atomic E-state index is 3.81. The normalized spacial score (nSPS) is 12.3. The van der Waals surface area contributed by atoms with Gasteiger partial charge in [0.1, 0.15) is 0 Å². The van der Waals surface area contributed by atoms with Crippen LogP contribution < -0.4 is 0 Å². The molecule has 1 atom stereocenters. The van der Waals surface area contributed by atoms with Crippen LogP contribution in [-0.4, -0.2) is 0 Å². The molecule has 1 unspecified atom stereocenters. The van der Waals surface area contributed by atoms with E-state index < -0.39 is 0 Å². The summed E-state index contributed by atoms with van der Waals surface area (Å²) in [6, 6.07) is 19.7. The largest absolute Gasteiger partial charge is 0.0839 e. The van der Waals surface area contributed by atoms with Crippen LogP contribution in [-0.2, 0) is 6.42 Å². The Morgan fingerprint density at radius 3 is 2.15 bits per heavy atom. The van der Waals surface area contributed by atoms with Gasteiger partial charge in [0, 0.05) is 4.83 Å². The van der Waals surface area contributed by atoms with E-state index in [0.29, 0.717) is 4.83 Å². The molecule has 0 N–H and O–H groups in total. The van der Waals surface area contributed by atoms with Crippen molar-refractivity contribution in [2.24, 2.45) is 0 Å². The molecule has 2 aromatic carbocycles. The Morgan fingerprint density at radius 2 is 1.50 bits per heavy atom. The first-order valence-electron chi connectivity index (χ1n) is 7.56. The minimum Gasteiger partial charge on any atom is -0.0839 e. The fraction of sp³-hybridized carbons (Fsp3) is 0.368. The van der Waals surface area contributed by atoms with Gasteiger partial charge in [0.05, 0.1) is 0 Å². The smallest absolute Gasteiger partial charge is 0.0395 e. The SMILES string of the molecule is CCCCCC(Br)c1ccc(Cc2ccccc2)cc1. The number of halogens is 1. The first kappa shape index (κ1) is 15.3. The number of benzene rings is 2. The Balaban J connectivity index is 1.92. The van der Waals surface area contributed by atoms with Gasteiger partial charge in [-0.05, 0) is 29.5 Å². The van der Waals surface area contributed by atoms with Crippen molar-refractivity contribution in [3.05, 3.63) is 71.3 Å². The van der Waals surface area contributed by atoms with Crippen LogP contribution in [0.3, 0.4) is 0 Å². The van der Waals surface area contributed by atoms with Crippen LogP contribution in [0.1, 0.15) is 54.1 Å². The Bertz CT molecular complexity index is 487. The molecule has 0 aliphatic rings. The van der Waals surface area contributed by atoms with Crippen LogP contribution in [0.5, 0.6) is 0 Å². The second-order valence-electron chi connectivity index (χ2n) is 5.37. The van der Waals surface area contributed by atoms with Gasteiger partial charge in [0.15, 0.2) is 0 Å². The molecule has 2 rings (SSSR count). The topological polar surface area (TPSA) is 0 Å². The molecule has 1 heteroatoms. The minimum absolute atomic E-state index is 0.500. The van der Waals surface area contributed by atoms with Crippen molar-refractivity contribution in [3.63, 3.8) is 0 Å². The molecule has 106 valence electrons. The maximum Gasteiger partial charge on any atom is 0.0395 e. The molecule has 0 aliphatic carbocycles. The quantitative estimate of drug-likeness (QED) is 0.413. The second-order valence-corrected chi connectivity index (χ2v) is 6.47. The molecular weight excluding hydrogens is 308 g/mol. The van der Waals surface area contributed by atoms with Crippen LogP contribution in [0.15, 0.2) is 54.6 Å². The Kier molecular flexibility index (Phi) is 6.32. The maximum atomic E-state index is 3.81. The van der Waals surface area contributed by atoms with E-state index in [4.69, 9.17) is 0 Å². The van der Waals surface area contributed by atoms with Crippen molar-refractivity contribution in [1.29, 1.82) is 0 Å². The third kappa shape index (κ3) is 4.79. The van der Waals surface area contributed by atoms with Crippen LogP contribution in [0.2, 0.25) is 0 Å². The highest BCUT2D eigenvalue weighted by Crippen LogP contribution is 2.29. The molecular formula is C19H23Br.